The summed E-state index contributed by atoms with van der Waals surface area (Å²) in [5, 5.41) is 2.85. The van der Waals surface area contributed by atoms with Gasteiger partial charge in [0.25, 0.3) is 5.91 Å². The van der Waals surface area contributed by atoms with Crippen molar-refractivity contribution in [2.75, 3.05) is 23.4 Å². The predicted molar refractivity (Wildman–Crippen MR) is 119 cm³/mol. The quantitative estimate of drug-likeness (QED) is 0.528. The van der Waals surface area contributed by atoms with Crippen molar-refractivity contribution in [3.8, 4) is 11.5 Å². The van der Waals surface area contributed by atoms with Crippen LogP contribution in [0.5, 0.6) is 11.5 Å². The number of carbonyl (C=O) groups excluding carboxylic acids is 2. The van der Waals surface area contributed by atoms with E-state index in [0.29, 0.717) is 43.1 Å². The lowest BCUT2D eigenvalue weighted by molar-refractivity contribution is -0.121. The van der Waals surface area contributed by atoms with Gasteiger partial charge in [0.2, 0.25) is 5.91 Å². The first kappa shape index (κ1) is 21.4. The third-order valence-electron chi connectivity index (χ3n) is 5.00. The molecule has 1 aliphatic heterocycles. The molecule has 3 aromatic rings. The van der Waals surface area contributed by atoms with E-state index in [4.69, 9.17) is 9.47 Å². The van der Waals surface area contributed by atoms with E-state index in [1.165, 1.54) is 12.1 Å². The molecule has 32 heavy (non-hydrogen) atoms. The number of para-hydroxylation sites is 1. The zero-order valence-corrected chi connectivity index (χ0v) is 17.4. The Balaban J connectivity index is 1.34. The molecule has 0 saturated carbocycles. The first-order chi connectivity index (χ1) is 15.6. The van der Waals surface area contributed by atoms with Crippen LogP contribution in [0.4, 0.5) is 15.8 Å². The molecule has 7 heteroatoms. The molecule has 0 fully saturated rings. The van der Waals surface area contributed by atoms with Gasteiger partial charge in [0.05, 0.1) is 18.8 Å². The third kappa shape index (κ3) is 5.43. The zero-order chi connectivity index (χ0) is 22.3. The summed E-state index contributed by atoms with van der Waals surface area (Å²) in [6.07, 6.45) is 0.905. The summed E-state index contributed by atoms with van der Waals surface area (Å²) in [5.41, 5.74) is 2.01. The highest BCUT2D eigenvalue weighted by Gasteiger charge is 2.26. The molecular weight excluding hydrogens is 411 g/mol. The monoisotopic (exact) mass is 434 g/mol. The normalized spacial score (nSPS) is 12.7. The number of ether oxygens (including phenoxy) is 2. The minimum absolute atomic E-state index is 0.0948. The molecule has 0 unspecified atom stereocenters. The molecule has 4 rings (SSSR count). The summed E-state index contributed by atoms with van der Waals surface area (Å²) in [4.78, 5) is 26.3. The highest BCUT2D eigenvalue weighted by Crippen LogP contribution is 2.35. The summed E-state index contributed by atoms with van der Waals surface area (Å²) in [5.74, 6) is 0.652. The Bertz CT molecular complexity index is 1090. The molecule has 1 heterocycles. The van der Waals surface area contributed by atoms with Crippen LogP contribution in [0.2, 0.25) is 0 Å². The number of amides is 2. The Kier molecular flexibility index (Phi) is 6.65. The summed E-state index contributed by atoms with van der Waals surface area (Å²) < 4.78 is 24.3. The fourth-order valence-corrected chi connectivity index (χ4v) is 3.39. The van der Waals surface area contributed by atoms with E-state index in [2.05, 4.69) is 5.32 Å². The number of nitrogens with zero attached hydrogens (tertiary/aromatic N) is 1. The standard InChI is InChI=1S/C25H23FN2O4/c26-19-10-8-18(9-11-19)16-28-22-13-12-20(15-23(22)32-17-25(28)30)27-24(29)7-4-14-31-21-5-2-1-3-6-21/h1-3,5-6,8-13,15H,4,7,14,16-17H2,(H,27,29). The Morgan fingerprint density at radius 3 is 2.62 bits per heavy atom. The van der Waals surface area contributed by atoms with Crippen molar-refractivity contribution in [3.63, 3.8) is 0 Å². The lowest BCUT2D eigenvalue weighted by Crippen LogP contribution is -2.38. The van der Waals surface area contributed by atoms with Crippen molar-refractivity contribution >= 4 is 23.2 Å². The van der Waals surface area contributed by atoms with Gasteiger partial charge in [-0.05, 0) is 48.4 Å². The largest absolute Gasteiger partial charge is 0.494 e. The van der Waals surface area contributed by atoms with Crippen LogP contribution in [-0.4, -0.2) is 25.0 Å². The molecule has 0 radical (unpaired) electrons. The van der Waals surface area contributed by atoms with Crippen LogP contribution in [0.1, 0.15) is 18.4 Å². The van der Waals surface area contributed by atoms with E-state index >= 15 is 0 Å². The molecule has 1 aliphatic rings. The molecule has 0 aliphatic carbocycles. The molecule has 0 bridgehead atoms. The maximum atomic E-state index is 13.2. The average molecular weight is 434 g/mol. The van der Waals surface area contributed by atoms with Gasteiger partial charge in [0.15, 0.2) is 6.61 Å². The van der Waals surface area contributed by atoms with Gasteiger partial charge in [-0.25, -0.2) is 4.39 Å². The Morgan fingerprint density at radius 2 is 1.84 bits per heavy atom. The Labute approximate surface area is 185 Å². The fourth-order valence-electron chi connectivity index (χ4n) is 3.39. The number of nitrogens with one attached hydrogen (secondary N) is 1. The van der Waals surface area contributed by atoms with Crippen molar-refractivity contribution in [1.29, 1.82) is 0 Å². The second-order valence-corrected chi connectivity index (χ2v) is 7.39. The number of rotatable bonds is 8. The minimum atomic E-state index is -0.325. The van der Waals surface area contributed by atoms with Crippen molar-refractivity contribution in [1.82, 2.24) is 0 Å². The highest BCUT2D eigenvalue weighted by molar-refractivity contribution is 5.99. The number of benzene rings is 3. The van der Waals surface area contributed by atoms with Crippen LogP contribution in [-0.2, 0) is 16.1 Å². The number of halogens is 1. The van der Waals surface area contributed by atoms with E-state index in [1.807, 2.05) is 30.3 Å². The maximum Gasteiger partial charge on any atom is 0.265 e. The zero-order valence-electron chi connectivity index (χ0n) is 17.4. The number of hydrogen-bond donors (Lipinski definition) is 1. The minimum Gasteiger partial charge on any atom is -0.494 e. The van der Waals surface area contributed by atoms with E-state index in [9.17, 15) is 14.0 Å². The third-order valence-corrected chi connectivity index (χ3v) is 5.00. The first-order valence-electron chi connectivity index (χ1n) is 10.4. The van der Waals surface area contributed by atoms with Crippen LogP contribution in [0.25, 0.3) is 0 Å². The van der Waals surface area contributed by atoms with Gasteiger partial charge >= 0.3 is 0 Å². The molecule has 1 N–H and O–H groups in total. The van der Waals surface area contributed by atoms with Gasteiger partial charge in [-0.1, -0.05) is 30.3 Å². The predicted octanol–water partition coefficient (Wildman–Crippen LogP) is 4.55. The van der Waals surface area contributed by atoms with Gasteiger partial charge in [-0.3, -0.25) is 9.59 Å². The molecule has 164 valence electrons. The molecule has 0 saturated heterocycles. The Morgan fingerprint density at radius 1 is 1.06 bits per heavy atom. The van der Waals surface area contributed by atoms with Gasteiger partial charge in [0, 0.05) is 18.2 Å². The van der Waals surface area contributed by atoms with Crippen molar-refractivity contribution < 1.29 is 23.5 Å². The molecule has 3 aromatic carbocycles. The van der Waals surface area contributed by atoms with E-state index < -0.39 is 0 Å². The van der Waals surface area contributed by atoms with Gasteiger partial charge in [0.1, 0.15) is 17.3 Å². The summed E-state index contributed by atoms with van der Waals surface area (Å²) in [6.45, 7) is 0.663. The van der Waals surface area contributed by atoms with Gasteiger partial charge in [-0.15, -0.1) is 0 Å². The lowest BCUT2D eigenvalue weighted by atomic mass is 10.1. The molecule has 0 atom stereocenters. The average Bonchev–Trinajstić information content (AvgIpc) is 2.81. The number of hydrogen-bond acceptors (Lipinski definition) is 4. The molecule has 0 aromatic heterocycles. The Hall–Kier alpha value is -3.87. The second kappa shape index (κ2) is 9.96. The fraction of sp³-hybridized carbons (Fsp3) is 0.200. The van der Waals surface area contributed by atoms with Crippen LogP contribution >= 0.6 is 0 Å². The van der Waals surface area contributed by atoms with Crippen molar-refractivity contribution in [2.45, 2.75) is 19.4 Å². The summed E-state index contributed by atoms with van der Waals surface area (Å²) in [6, 6.07) is 20.7. The highest BCUT2D eigenvalue weighted by atomic mass is 19.1. The smallest absolute Gasteiger partial charge is 0.265 e. The maximum absolute atomic E-state index is 13.2. The number of anilines is 2. The topological polar surface area (TPSA) is 67.9 Å². The lowest BCUT2D eigenvalue weighted by Gasteiger charge is -2.29. The van der Waals surface area contributed by atoms with E-state index in [0.717, 1.165) is 11.3 Å². The van der Waals surface area contributed by atoms with Crippen LogP contribution in [0, 0.1) is 5.82 Å². The van der Waals surface area contributed by atoms with E-state index in [1.54, 1.807) is 35.2 Å². The van der Waals surface area contributed by atoms with E-state index in [-0.39, 0.29) is 24.2 Å². The SMILES string of the molecule is O=C(CCCOc1ccccc1)Nc1ccc2c(c1)OCC(=O)N2Cc1ccc(F)cc1. The van der Waals surface area contributed by atoms with Crippen molar-refractivity contribution in [2.24, 2.45) is 0 Å². The van der Waals surface area contributed by atoms with Gasteiger partial charge < -0.3 is 19.7 Å². The number of fused-ring (bicyclic) bond motifs is 1. The van der Waals surface area contributed by atoms with Crippen LogP contribution in [0.3, 0.4) is 0 Å². The number of carbonyl (C=O) groups is 2. The molecule has 2 amide bonds. The second-order valence-electron chi connectivity index (χ2n) is 7.39. The summed E-state index contributed by atoms with van der Waals surface area (Å²) >= 11 is 0. The van der Waals surface area contributed by atoms with Crippen LogP contribution in [0.15, 0.2) is 72.8 Å². The first-order valence-corrected chi connectivity index (χ1v) is 10.4. The molecule has 0 spiro atoms. The summed E-state index contributed by atoms with van der Waals surface area (Å²) in [7, 11) is 0. The van der Waals surface area contributed by atoms with Gasteiger partial charge in [-0.2, -0.15) is 0 Å². The van der Waals surface area contributed by atoms with Crippen molar-refractivity contribution in [3.05, 3.63) is 84.2 Å². The molecular formula is C25H23FN2O4. The van der Waals surface area contributed by atoms with Crippen LogP contribution < -0.4 is 19.7 Å². The molecule has 6 nitrogen and oxygen atoms in total.